The predicted octanol–water partition coefficient (Wildman–Crippen LogP) is 2.01. The summed E-state index contributed by atoms with van der Waals surface area (Å²) < 4.78 is 0. The van der Waals surface area contributed by atoms with E-state index in [4.69, 9.17) is 0 Å². The Labute approximate surface area is 78.9 Å². The second-order valence-corrected chi connectivity index (χ2v) is 3.22. The van der Waals surface area contributed by atoms with Gasteiger partial charge in [0.25, 0.3) is 0 Å². The number of unbranched alkanes of at least 4 members (excludes halogenated alkanes) is 1. The van der Waals surface area contributed by atoms with Gasteiger partial charge in [0, 0.05) is 18.0 Å². The Morgan fingerprint density at radius 1 is 1.38 bits per heavy atom. The number of aliphatic hydroxyl groups excluding tert-OH is 1. The summed E-state index contributed by atoms with van der Waals surface area (Å²) in [4.78, 5) is 8.07. The van der Waals surface area contributed by atoms with Crippen molar-refractivity contribution in [2.24, 2.45) is 0 Å². The van der Waals surface area contributed by atoms with Gasteiger partial charge < -0.3 is 5.11 Å². The van der Waals surface area contributed by atoms with Gasteiger partial charge in [0.05, 0.1) is 6.10 Å². The molecule has 1 rings (SSSR count). The van der Waals surface area contributed by atoms with Gasteiger partial charge in [-0.3, -0.25) is 0 Å². The van der Waals surface area contributed by atoms with Crippen LogP contribution in [0.2, 0.25) is 0 Å². The van der Waals surface area contributed by atoms with Crippen LogP contribution in [0.3, 0.4) is 0 Å². The largest absolute Gasteiger partial charge is 0.388 e. The fourth-order valence-electron chi connectivity index (χ4n) is 1.14. The number of aromatic nitrogens is 2. The molecule has 0 radical (unpaired) electrons. The topological polar surface area (TPSA) is 46.0 Å². The second kappa shape index (κ2) is 4.92. The summed E-state index contributed by atoms with van der Waals surface area (Å²) in [6.07, 6.45) is 5.92. The second-order valence-electron chi connectivity index (χ2n) is 3.22. The fraction of sp³-hybridized carbons (Fsp3) is 0.600. The molecule has 0 aliphatic heterocycles. The summed E-state index contributed by atoms with van der Waals surface area (Å²) in [7, 11) is 0. The number of aryl methyl sites for hydroxylation is 1. The number of hydrogen-bond acceptors (Lipinski definition) is 3. The molecule has 72 valence electrons. The smallest absolute Gasteiger partial charge is 0.125 e. The highest BCUT2D eigenvalue weighted by molar-refractivity contribution is 5.08. The van der Waals surface area contributed by atoms with Gasteiger partial charge in [-0.05, 0) is 13.3 Å². The third-order valence-corrected chi connectivity index (χ3v) is 2.02. The van der Waals surface area contributed by atoms with Crippen molar-refractivity contribution < 1.29 is 5.11 Å². The maximum atomic E-state index is 9.66. The lowest BCUT2D eigenvalue weighted by Crippen LogP contribution is -1.99. The predicted molar refractivity (Wildman–Crippen MR) is 51.3 cm³/mol. The molecule has 3 nitrogen and oxygen atoms in total. The minimum Gasteiger partial charge on any atom is -0.388 e. The van der Waals surface area contributed by atoms with Crippen LogP contribution in [0, 0.1) is 6.92 Å². The molecular formula is C10H16N2O. The molecule has 13 heavy (non-hydrogen) atoms. The monoisotopic (exact) mass is 180 g/mol. The van der Waals surface area contributed by atoms with Gasteiger partial charge in [0.1, 0.15) is 5.82 Å². The van der Waals surface area contributed by atoms with Crippen LogP contribution in [0.5, 0.6) is 0 Å². The Hall–Kier alpha value is -0.960. The summed E-state index contributed by atoms with van der Waals surface area (Å²) in [5.41, 5.74) is 0.819. The van der Waals surface area contributed by atoms with Gasteiger partial charge in [-0.15, -0.1) is 0 Å². The van der Waals surface area contributed by atoms with Crippen LogP contribution < -0.4 is 0 Å². The highest BCUT2D eigenvalue weighted by Crippen LogP contribution is 2.16. The van der Waals surface area contributed by atoms with Crippen molar-refractivity contribution in [3.63, 3.8) is 0 Å². The molecule has 0 spiro atoms. The van der Waals surface area contributed by atoms with Gasteiger partial charge in [0.2, 0.25) is 0 Å². The first kappa shape index (κ1) is 10.1. The van der Waals surface area contributed by atoms with Crippen molar-refractivity contribution in [1.29, 1.82) is 0 Å². The molecule has 1 aromatic rings. The van der Waals surface area contributed by atoms with E-state index in [1.54, 1.807) is 12.4 Å². The number of rotatable bonds is 4. The lowest BCUT2D eigenvalue weighted by Gasteiger charge is -2.08. The van der Waals surface area contributed by atoms with Crippen LogP contribution in [0.1, 0.15) is 43.7 Å². The molecule has 0 saturated carbocycles. The SMILES string of the molecule is CCCC[C@H](O)c1cnc(C)nc1. The summed E-state index contributed by atoms with van der Waals surface area (Å²) in [5, 5.41) is 9.66. The minimum absolute atomic E-state index is 0.402. The number of nitrogens with zero attached hydrogens (tertiary/aromatic N) is 2. The summed E-state index contributed by atoms with van der Waals surface area (Å²) in [6.45, 7) is 3.95. The van der Waals surface area contributed by atoms with E-state index in [1.807, 2.05) is 6.92 Å². The van der Waals surface area contributed by atoms with Crippen molar-refractivity contribution >= 4 is 0 Å². The van der Waals surface area contributed by atoms with Crippen molar-refractivity contribution in [2.75, 3.05) is 0 Å². The third kappa shape index (κ3) is 3.11. The van der Waals surface area contributed by atoms with Crippen molar-refractivity contribution in [2.45, 2.75) is 39.2 Å². The average molecular weight is 180 g/mol. The molecule has 0 fully saturated rings. The summed E-state index contributed by atoms with van der Waals surface area (Å²) in [5.74, 6) is 0.742. The first-order valence-electron chi connectivity index (χ1n) is 4.70. The molecule has 1 heterocycles. The molecule has 1 aromatic heterocycles. The van der Waals surface area contributed by atoms with Gasteiger partial charge in [0.15, 0.2) is 0 Å². The van der Waals surface area contributed by atoms with Gasteiger partial charge in [-0.25, -0.2) is 9.97 Å². The van der Waals surface area contributed by atoms with Crippen LogP contribution in [0.15, 0.2) is 12.4 Å². The highest BCUT2D eigenvalue weighted by atomic mass is 16.3. The molecule has 0 aliphatic carbocycles. The molecule has 0 aliphatic rings. The molecule has 1 atom stereocenters. The van der Waals surface area contributed by atoms with Crippen molar-refractivity contribution in [3.8, 4) is 0 Å². The van der Waals surface area contributed by atoms with Gasteiger partial charge >= 0.3 is 0 Å². The van der Waals surface area contributed by atoms with Crippen LogP contribution in [0.25, 0.3) is 0 Å². The first-order valence-corrected chi connectivity index (χ1v) is 4.70. The van der Waals surface area contributed by atoms with E-state index in [2.05, 4.69) is 16.9 Å². The summed E-state index contributed by atoms with van der Waals surface area (Å²) >= 11 is 0. The van der Waals surface area contributed by atoms with Crippen molar-refractivity contribution in [3.05, 3.63) is 23.8 Å². The number of aliphatic hydroxyl groups is 1. The van der Waals surface area contributed by atoms with Crippen LogP contribution in [-0.2, 0) is 0 Å². The third-order valence-electron chi connectivity index (χ3n) is 2.02. The van der Waals surface area contributed by atoms with E-state index in [0.717, 1.165) is 30.7 Å². The minimum atomic E-state index is -0.402. The van der Waals surface area contributed by atoms with E-state index in [1.165, 1.54) is 0 Å². The van der Waals surface area contributed by atoms with E-state index in [-0.39, 0.29) is 0 Å². The highest BCUT2D eigenvalue weighted by Gasteiger charge is 2.06. The Bertz CT molecular complexity index is 246. The zero-order valence-electron chi connectivity index (χ0n) is 8.20. The molecule has 0 saturated heterocycles. The zero-order chi connectivity index (χ0) is 9.68. The Morgan fingerprint density at radius 2 is 2.00 bits per heavy atom. The maximum Gasteiger partial charge on any atom is 0.125 e. The fourth-order valence-corrected chi connectivity index (χ4v) is 1.14. The maximum absolute atomic E-state index is 9.66. The standard InChI is InChI=1S/C10H16N2O/c1-3-4-5-10(13)9-6-11-8(2)12-7-9/h6-7,10,13H,3-5H2,1-2H3/t10-/m0/s1. The first-order chi connectivity index (χ1) is 6.24. The van der Waals surface area contributed by atoms with Gasteiger partial charge in [-0.1, -0.05) is 19.8 Å². The Morgan fingerprint density at radius 3 is 2.54 bits per heavy atom. The summed E-state index contributed by atoms with van der Waals surface area (Å²) in [6, 6.07) is 0. The van der Waals surface area contributed by atoms with Crippen LogP contribution >= 0.6 is 0 Å². The Balaban J connectivity index is 2.55. The molecule has 0 aromatic carbocycles. The van der Waals surface area contributed by atoms with E-state index >= 15 is 0 Å². The average Bonchev–Trinajstić information content (AvgIpc) is 2.15. The lowest BCUT2D eigenvalue weighted by molar-refractivity contribution is 0.163. The molecule has 1 N–H and O–H groups in total. The molecule has 0 amide bonds. The molecule has 3 heteroatoms. The normalized spacial score (nSPS) is 12.8. The molecule has 0 bridgehead atoms. The van der Waals surface area contributed by atoms with E-state index < -0.39 is 6.10 Å². The van der Waals surface area contributed by atoms with Crippen molar-refractivity contribution in [1.82, 2.24) is 9.97 Å². The van der Waals surface area contributed by atoms with Crippen LogP contribution in [0.4, 0.5) is 0 Å². The number of hydrogen-bond donors (Lipinski definition) is 1. The van der Waals surface area contributed by atoms with Crippen LogP contribution in [-0.4, -0.2) is 15.1 Å². The lowest BCUT2D eigenvalue weighted by atomic mass is 10.1. The van der Waals surface area contributed by atoms with E-state index in [0.29, 0.717) is 0 Å². The molecule has 0 unspecified atom stereocenters. The van der Waals surface area contributed by atoms with E-state index in [9.17, 15) is 5.11 Å². The Kier molecular flexibility index (Phi) is 3.83. The van der Waals surface area contributed by atoms with Gasteiger partial charge in [-0.2, -0.15) is 0 Å². The quantitative estimate of drug-likeness (QED) is 0.771. The zero-order valence-corrected chi connectivity index (χ0v) is 8.20. The molecular weight excluding hydrogens is 164 g/mol.